The van der Waals surface area contributed by atoms with Crippen LogP contribution in [0, 0.1) is 0 Å². The van der Waals surface area contributed by atoms with Gasteiger partial charge in [0, 0.05) is 24.5 Å². The van der Waals surface area contributed by atoms with E-state index in [1.807, 2.05) is 6.20 Å². The summed E-state index contributed by atoms with van der Waals surface area (Å²) in [6.07, 6.45) is 6.86. The number of carboxylic acid groups (broad SMARTS) is 1. The van der Waals surface area contributed by atoms with Crippen molar-refractivity contribution in [2.24, 2.45) is 0 Å². The highest BCUT2D eigenvalue weighted by Crippen LogP contribution is 2.51. The number of carbonyl (C=O) groups excluding carboxylic acids is 1. The standard InChI is InChI=1S/C21H18ClN5O3/c1-2-5-26-11-15(9-24-26)27-17-16(10-23-20(22)25-17)21(19(27)30)7-13-4-3-12(18(28)29)6-14(13)8-21/h3-4,6,9-11H,2,5,7-8H2,1H3,(H,28,29). The van der Waals surface area contributed by atoms with Gasteiger partial charge in [0.25, 0.3) is 0 Å². The van der Waals surface area contributed by atoms with E-state index >= 15 is 0 Å². The van der Waals surface area contributed by atoms with E-state index in [-0.39, 0.29) is 16.8 Å². The quantitative estimate of drug-likeness (QED) is 0.647. The number of anilines is 2. The number of hydrogen-bond donors (Lipinski definition) is 1. The lowest BCUT2D eigenvalue weighted by Gasteiger charge is -2.22. The van der Waals surface area contributed by atoms with E-state index in [0.29, 0.717) is 29.9 Å². The van der Waals surface area contributed by atoms with Gasteiger partial charge in [-0.05, 0) is 54.1 Å². The zero-order valence-electron chi connectivity index (χ0n) is 16.2. The lowest BCUT2D eigenvalue weighted by molar-refractivity contribution is -0.122. The van der Waals surface area contributed by atoms with Crippen LogP contribution in [0.25, 0.3) is 0 Å². The largest absolute Gasteiger partial charge is 0.478 e. The Morgan fingerprint density at radius 2 is 2.07 bits per heavy atom. The minimum atomic E-state index is -0.989. The summed E-state index contributed by atoms with van der Waals surface area (Å²) in [6, 6.07) is 5.02. The Morgan fingerprint density at radius 1 is 1.27 bits per heavy atom. The maximum Gasteiger partial charge on any atom is 0.335 e. The van der Waals surface area contributed by atoms with Crippen molar-refractivity contribution in [2.45, 2.75) is 38.1 Å². The number of fused-ring (bicyclic) bond motifs is 3. The maximum absolute atomic E-state index is 13.8. The fourth-order valence-electron chi connectivity index (χ4n) is 4.49. The molecule has 0 radical (unpaired) electrons. The molecule has 1 aromatic carbocycles. The number of amides is 1. The van der Waals surface area contributed by atoms with Crippen molar-refractivity contribution in [3.63, 3.8) is 0 Å². The van der Waals surface area contributed by atoms with Crippen molar-refractivity contribution in [3.05, 3.63) is 64.3 Å². The summed E-state index contributed by atoms with van der Waals surface area (Å²) in [5.41, 5.74) is 2.47. The van der Waals surface area contributed by atoms with Crippen LogP contribution in [0.4, 0.5) is 11.5 Å². The number of carbonyl (C=O) groups is 2. The molecule has 30 heavy (non-hydrogen) atoms. The van der Waals surface area contributed by atoms with E-state index in [0.717, 1.165) is 24.1 Å². The number of carboxylic acids is 1. The molecule has 0 bridgehead atoms. The first-order valence-corrected chi connectivity index (χ1v) is 10.1. The van der Waals surface area contributed by atoms with Gasteiger partial charge in [0.1, 0.15) is 5.82 Å². The fourth-order valence-corrected chi connectivity index (χ4v) is 4.62. The van der Waals surface area contributed by atoms with Crippen LogP contribution >= 0.6 is 11.6 Å². The summed E-state index contributed by atoms with van der Waals surface area (Å²) in [5.74, 6) is -0.655. The van der Waals surface area contributed by atoms with Crippen LogP contribution in [-0.2, 0) is 29.6 Å². The summed E-state index contributed by atoms with van der Waals surface area (Å²) in [4.78, 5) is 35.3. The number of hydrogen-bond acceptors (Lipinski definition) is 5. The fraction of sp³-hybridized carbons (Fsp3) is 0.286. The number of halogens is 1. The molecule has 1 spiro atoms. The van der Waals surface area contributed by atoms with Crippen molar-refractivity contribution in [1.82, 2.24) is 19.7 Å². The van der Waals surface area contributed by atoms with E-state index < -0.39 is 11.4 Å². The third-order valence-corrected chi connectivity index (χ3v) is 6.03. The first kappa shape index (κ1) is 18.7. The Morgan fingerprint density at radius 3 is 2.83 bits per heavy atom. The Labute approximate surface area is 177 Å². The summed E-state index contributed by atoms with van der Waals surface area (Å²) in [5, 5.41) is 13.7. The van der Waals surface area contributed by atoms with Crippen molar-refractivity contribution >= 4 is 35.0 Å². The number of aromatic nitrogens is 4. The van der Waals surface area contributed by atoms with Crippen molar-refractivity contribution in [1.29, 1.82) is 0 Å². The van der Waals surface area contributed by atoms with E-state index in [2.05, 4.69) is 22.0 Å². The van der Waals surface area contributed by atoms with E-state index in [1.54, 1.807) is 40.2 Å². The summed E-state index contributed by atoms with van der Waals surface area (Å²) < 4.78 is 1.79. The minimum absolute atomic E-state index is 0.0632. The number of aromatic carboxylic acids is 1. The van der Waals surface area contributed by atoms with E-state index in [4.69, 9.17) is 11.6 Å². The number of nitrogens with zero attached hydrogens (tertiary/aromatic N) is 5. The number of benzene rings is 1. The van der Waals surface area contributed by atoms with Gasteiger partial charge in [-0.1, -0.05) is 13.0 Å². The highest BCUT2D eigenvalue weighted by Gasteiger charge is 2.55. The van der Waals surface area contributed by atoms with Gasteiger partial charge in [0.2, 0.25) is 11.2 Å². The topological polar surface area (TPSA) is 101 Å². The second-order valence-corrected chi connectivity index (χ2v) is 8.04. The Kier molecular flexibility index (Phi) is 4.14. The predicted molar refractivity (Wildman–Crippen MR) is 109 cm³/mol. The highest BCUT2D eigenvalue weighted by atomic mass is 35.5. The first-order valence-electron chi connectivity index (χ1n) is 9.68. The lowest BCUT2D eigenvalue weighted by atomic mass is 9.80. The molecule has 2 aromatic heterocycles. The Balaban J connectivity index is 1.62. The van der Waals surface area contributed by atoms with Crippen LogP contribution in [0.5, 0.6) is 0 Å². The molecule has 1 N–H and O–H groups in total. The average molecular weight is 424 g/mol. The second-order valence-electron chi connectivity index (χ2n) is 7.70. The average Bonchev–Trinajstić information content (AvgIpc) is 3.38. The minimum Gasteiger partial charge on any atom is -0.478 e. The van der Waals surface area contributed by atoms with Crippen LogP contribution in [0.15, 0.2) is 36.8 Å². The molecule has 5 rings (SSSR count). The Hall–Kier alpha value is -3.26. The molecular formula is C21H18ClN5O3. The summed E-state index contributed by atoms with van der Waals surface area (Å²) >= 11 is 6.07. The van der Waals surface area contributed by atoms with Crippen molar-refractivity contribution in [3.8, 4) is 0 Å². The van der Waals surface area contributed by atoms with Crippen LogP contribution < -0.4 is 4.90 Å². The van der Waals surface area contributed by atoms with Gasteiger partial charge in [0.05, 0.1) is 22.9 Å². The predicted octanol–water partition coefficient (Wildman–Crippen LogP) is 3.15. The van der Waals surface area contributed by atoms with E-state index in [1.165, 1.54) is 0 Å². The molecule has 8 nitrogen and oxygen atoms in total. The van der Waals surface area contributed by atoms with Gasteiger partial charge < -0.3 is 5.11 Å². The van der Waals surface area contributed by atoms with Crippen LogP contribution in [-0.4, -0.2) is 36.7 Å². The molecule has 1 amide bonds. The molecule has 1 aliphatic heterocycles. The molecule has 9 heteroatoms. The third kappa shape index (κ3) is 2.64. The zero-order chi connectivity index (χ0) is 21.0. The zero-order valence-corrected chi connectivity index (χ0v) is 16.9. The number of rotatable bonds is 4. The Bertz CT molecular complexity index is 1210. The third-order valence-electron chi connectivity index (χ3n) is 5.85. The van der Waals surface area contributed by atoms with Crippen molar-refractivity contribution in [2.75, 3.05) is 4.90 Å². The molecule has 0 fully saturated rings. The molecule has 0 saturated heterocycles. The normalized spacial score (nSPS) is 19.4. The SMILES string of the molecule is CCCn1cc(N2C(=O)C3(Cc4ccc(C(=O)O)cc4C3)c3cnc(Cl)nc32)cn1. The lowest BCUT2D eigenvalue weighted by Crippen LogP contribution is -2.39. The number of aryl methyl sites for hydroxylation is 1. The monoisotopic (exact) mass is 423 g/mol. The van der Waals surface area contributed by atoms with Gasteiger partial charge in [-0.2, -0.15) is 10.1 Å². The molecule has 2 aliphatic rings. The molecular weight excluding hydrogens is 406 g/mol. The molecule has 3 aromatic rings. The molecule has 3 heterocycles. The molecule has 0 saturated carbocycles. The van der Waals surface area contributed by atoms with Crippen LogP contribution in [0.2, 0.25) is 5.28 Å². The summed E-state index contributed by atoms with van der Waals surface area (Å²) in [6.45, 7) is 2.80. The smallest absolute Gasteiger partial charge is 0.335 e. The summed E-state index contributed by atoms with van der Waals surface area (Å²) in [7, 11) is 0. The van der Waals surface area contributed by atoms with E-state index in [9.17, 15) is 14.7 Å². The van der Waals surface area contributed by atoms with Gasteiger partial charge in [-0.15, -0.1) is 0 Å². The molecule has 1 atom stereocenters. The first-order chi connectivity index (χ1) is 14.4. The van der Waals surface area contributed by atoms with Gasteiger partial charge in [0.15, 0.2) is 0 Å². The second kappa shape index (κ2) is 6.63. The molecule has 1 unspecified atom stereocenters. The van der Waals surface area contributed by atoms with Crippen molar-refractivity contribution < 1.29 is 14.7 Å². The van der Waals surface area contributed by atoms with Crippen LogP contribution in [0.1, 0.15) is 40.4 Å². The molecule has 1 aliphatic carbocycles. The van der Waals surface area contributed by atoms with Gasteiger partial charge >= 0.3 is 5.97 Å². The van der Waals surface area contributed by atoms with Crippen LogP contribution in [0.3, 0.4) is 0 Å². The van der Waals surface area contributed by atoms with Gasteiger partial charge in [-0.3, -0.25) is 14.4 Å². The maximum atomic E-state index is 13.8. The van der Waals surface area contributed by atoms with Gasteiger partial charge in [-0.25, -0.2) is 9.78 Å². The molecule has 152 valence electrons. The highest BCUT2D eigenvalue weighted by molar-refractivity contribution is 6.28.